The van der Waals surface area contributed by atoms with Crippen LogP contribution >= 0.6 is 0 Å². The summed E-state index contributed by atoms with van der Waals surface area (Å²) in [6.07, 6.45) is 5.32. The van der Waals surface area contributed by atoms with Crippen molar-refractivity contribution in [3.8, 4) is 11.5 Å². The van der Waals surface area contributed by atoms with Crippen molar-refractivity contribution in [2.24, 2.45) is 0 Å². The minimum Gasteiger partial charge on any atom is -0.506 e. The fraction of sp³-hybridized carbons (Fsp3) is 0.500. The monoisotopic (exact) mass is 274 g/mol. The summed E-state index contributed by atoms with van der Waals surface area (Å²) >= 11 is 0. The average molecular weight is 274 g/mol. The van der Waals surface area contributed by atoms with Crippen molar-refractivity contribution >= 4 is 12.1 Å². The van der Waals surface area contributed by atoms with Crippen LogP contribution in [0.1, 0.15) is 65.3 Å². The van der Waals surface area contributed by atoms with E-state index in [4.69, 9.17) is 4.74 Å². The van der Waals surface area contributed by atoms with Gasteiger partial charge in [-0.25, -0.2) is 0 Å². The van der Waals surface area contributed by atoms with Gasteiger partial charge in [-0.05, 0) is 37.3 Å². The van der Waals surface area contributed by atoms with E-state index in [1.165, 1.54) is 0 Å². The van der Waals surface area contributed by atoms with Crippen molar-refractivity contribution in [2.75, 3.05) is 0 Å². The topological polar surface area (TPSA) is 63.6 Å². The van der Waals surface area contributed by atoms with Gasteiger partial charge in [-0.15, -0.1) is 0 Å². The average Bonchev–Trinajstić information content (AvgIpc) is 2.36. The van der Waals surface area contributed by atoms with Crippen LogP contribution < -0.4 is 4.74 Å². The number of carbonyl (C=O) groups excluding carboxylic acids is 2. The zero-order valence-corrected chi connectivity index (χ0v) is 11.6. The highest BCUT2D eigenvalue weighted by molar-refractivity contribution is 6.05. The summed E-state index contributed by atoms with van der Waals surface area (Å²) in [5.74, 6) is 0.127. The van der Waals surface area contributed by atoms with Crippen LogP contribution in [0.4, 0.5) is 0 Å². The maximum atomic E-state index is 12.3. The van der Waals surface area contributed by atoms with Gasteiger partial charge < -0.3 is 9.84 Å². The highest BCUT2D eigenvalue weighted by Gasteiger charge is 2.46. The van der Waals surface area contributed by atoms with E-state index in [0.717, 1.165) is 31.2 Å². The van der Waals surface area contributed by atoms with Gasteiger partial charge in [0.1, 0.15) is 22.7 Å². The molecule has 1 N–H and O–H groups in total. The molecule has 0 bridgehead atoms. The molecule has 1 saturated carbocycles. The first-order valence-electron chi connectivity index (χ1n) is 7.16. The van der Waals surface area contributed by atoms with Gasteiger partial charge in [-0.3, -0.25) is 9.59 Å². The van der Waals surface area contributed by atoms with E-state index < -0.39 is 0 Å². The molecule has 1 aliphatic heterocycles. The van der Waals surface area contributed by atoms with Crippen molar-refractivity contribution < 1.29 is 19.4 Å². The second-order valence-electron chi connectivity index (χ2n) is 5.78. The standard InChI is InChI=1S/C16H18O4/c1-2-4-10-7-13-14(15(19)11(10)9-17)12(18)8-16(20-13)5-3-6-16/h7,9,19H,2-6,8H2,1H3. The zero-order chi connectivity index (χ0) is 14.3. The predicted molar refractivity (Wildman–Crippen MR) is 73.6 cm³/mol. The lowest BCUT2D eigenvalue weighted by Crippen LogP contribution is -2.47. The first-order chi connectivity index (χ1) is 9.60. The molecule has 1 aromatic rings. The van der Waals surface area contributed by atoms with Crippen molar-refractivity contribution in [1.29, 1.82) is 0 Å². The Morgan fingerprint density at radius 2 is 2.20 bits per heavy atom. The number of Topliss-reactive ketones (excluding diaryl/α,β-unsaturated/α-hetero) is 1. The number of ether oxygens (including phenoxy) is 1. The van der Waals surface area contributed by atoms with E-state index in [9.17, 15) is 14.7 Å². The highest BCUT2D eigenvalue weighted by atomic mass is 16.5. The van der Waals surface area contributed by atoms with Crippen molar-refractivity contribution in [3.05, 3.63) is 22.8 Å². The van der Waals surface area contributed by atoms with Crippen LogP contribution in [0.5, 0.6) is 11.5 Å². The molecule has 1 fully saturated rings. The molecule has 0 unspecified atom stereocenters. The minimum absolute atomic E-state index is 0.116. The number of phenolic OH excluding ortho intramolecular Hbond substituents is 1. The third-order valence-electron chi connectivity index (χ3n) is 4.38. The number of hydrogen-bond acceptors (Lipinski definition) is 4. The Balaban J connectivity index is 2.12. The molecule has 0 saturated heterocycles. The zero-order valence-electron chi connectivity index (χ0n) is 11.6. The lowest BCUT2D eigenvalue weighted by Gasteiger charge is -2.44. The number of rotatable bonds is 3. The number of aromatic hydroxyl groups is 1. The van der Waals surface area contributed by atoms with Gasteiger partial charge in [-0.2, -0.15) is 0 Å². The minimum atomic E-state index is -0.358. The third-order valence-corrected chi connectivity index (χ3v) is 4.38. The number of phenols is 1. The summed E-state index contributed by atoms with van der Waals surface area (Å²) in [7, 11) is 0. The summed E-state index contributed by atoms with van der Waals surface area (Å²) < 4.78 is 6.00. The Labute approximate surface area is 117 Å². The molecule has 4 heteroatoms. The molecule has 1 aromatic carbocycles. The van der Waals surface area contributed by atoms with Gasteiger partial charge in [-0.1, -0.05) is 13.3 Å². The molecule has 4 nitrogen and oxygen atoms in total. The van der Waals surface area contributed by atoms with Gasteiger partial charge in [0.25, 0.3) is 0 Å². The van der Waals surface area contributed by atoms with Crippen LogP contribution in [0.15, 0.2) is 6.07 Å². The molecule has 1 heterocycles. The maximum absolute atomic E-state index is 12.3. The number of carbonyl (C=O) groups is 2. The number of fused-ring (bicyclic) bond motifs is 1. The number of ketones is 1. The Bertz CT molecular complexity index is 585. The summed E-state index contributed by atoms with van der Waals surface area (Å²) in [6, 6.07) is 1.76. The van der Waals surface area contributed by atoms with E-state index in [0.29, 0.717) is 24.9 Å². The van der Waals surface area contributed by atoms with Crippen LogP contribution in [0.2, 0.25) is 0 Å². The Kier molecular flexibility index (Phi) is 3.04. The fourth-order valence-electron chi connectivity index (χ4n) is 3.17. The molecular weight excluding hydrogens is 256 g/mol. The lowest BCUT2D eigenvalue weighted by molar-refractivity contribution is -0.0181. The molecule has 0 aromatic heterocycles. The first kappa shape index (κ1) is 13.2. The Morgan fingerprint density at radius 1 is 1.45 bits per heavy atom. The molecule has 106 valence electrons. The van der Waals surface area contributed by atoms with Gasteiger partial charge in [0.15, 0.2) is 12.1 Å². The fourth-order valence-corrected chi connectivity index (χ4v) is 3.17. The first-order valence-corrected chi connectivity index (χ1v) is 7.16. The number of benzene rings is 1. The van der Waals surface area contributed by atoms with E-state index in [1.807, 2.05) is 6.92 Å². The largest absolute Gasteiger partial charge is 0.506 e. The van der Waals surface area contributed by atoms with Gasteiger partial charge in [0.05, 0.1) is 12.0 Å². The smallest absolute Gasteiger partial charge is 0.174 e. The van der Waals surface area contributed by atoms with Gasteiger partial charge in [0.2, 0.25) is 0 Å². The van der Waals surface area contributed by atoms with E-state index in [1.54, 1.807) is 6.07 Å². The summed E-state index contributed by atoms with van der Waals surface area (Å²) in [5.41, 5.74) is 0.808. The van der Waals surface area contributed by atoms with Crippen LogP contribution in [-0.2, 0) is 6.42 Å². The van der Waals surface area contributed by atoms with Gasteiger partial charge >= 0.3 is 0 Å². The van der Waals surface area contributed by atoms with Crippen LogP contribution in [0.3, 0.4) is 0 Å². The second kappa shape index (κ2) is 4.62. The van der Waals surface area contributed by atoms with Crippen LogP contribution in [-0.4, -0.2) is 22.8 Å². The number of aryl methyl sites for hydroxylation is 1. The lowest BCUT2D eigenvalue weighted by atomic mass is 9.73. The summed E-state index contributed by atoms with van der Waals surface area (Å²) in [4.78, 5) is 23.5. The summed E-state index contributed by atoms with van der Waals surface area (Å²) in [6.45, 7) is 2.00. The van der Waals surface area contributed by atoms with E-state index in [-0.39, 0.29) is 28.3 Å². The van der Waals surface area contributed by atoms with Crippen LogP contribution in [0, 0.1) is 0 Å². The predicted octanol–water partition coefficient (Wildman–Crippen LogP) is 3.05. The SMILES string of the molecule is CCCc1cc2c(c(O)c1C=O)C(=O)CC1(CCC1)O2. The molecule has 0 radical (unpaired) electrons. The summed E-state index contributed by atoms with van der Waals surface area (Å²) in [5, 5.41) is 10.2. The van der Waals surface area contributed by atoms with E-state index in [2.05, 4.69) is 0 Å². The molecule has 3 rings (SSSR count). The van der Waals surface area contributed by atoms with Crippen molar-refractivity contribution in [3.63, 3.8) is 0 Å². The Morgan fingerprint density at radius 3 is 2.75 bits per heavy atom. The number of hydrogen-bond donors (Lipinski definition) is 1. The second-order valence-corrected chi connectivity index (χ2v) is 5.78. The maximum Gasteiger partial charge on any atom is 0.174 e. The molecule has 0 atom stereocenters. The Hall–Kier alpha value is -1.84. The van der Waals surface area contributed by atoms with Gasteiger partial charge in [0, 0.05) is 0 Å². The highest BCUT2D eigenvalue weighted by Crippen LogP contribution is 2.48. The quantitative estimate of drug-likeness (QED) is 0.860. The molecule has 1 aliphatic carbocycles. The molecule has 1 spiro atoms. The number of aldehydes is 1. The van der Waals surface area contributed by atoms with Crippen LogP contribution in [0.25, 0.3) is 0 Å². The normalized spacial score (nSPS) is 19.1. The molecular formula is C16H18O4. The van der Waals surface area contributed by atoms with Crippen molar-refractivity contribution in [1.82, 2.24) is 0 Å². The van der Waals surface area contributed by atoms with E-state index >= 15 is 0 Å². The molecule has 20 heavy (non-hydrogen) atoms. The third kappa shape index (κ3) is 1.82. The van der Waals surface area contributed by atoms with Crippen molar-refractivity contribution in [2.45, 2.75) is 51.0 Å². The molecule has 0 amide bonds. The molecule has 2 aliphatic rings.